The van der Waals surface area contributed by atoms with Crippen LogP contribution in [0.25, 0.3) is 0 Å². The zero-order valence-electron chi connectivity index (χ0n) is 11.2. The van der Waals surface area contributed by atoms with E-state index < -0.39 is 5.54 Å². The first-order valence-corrected chi connectivity index (χ1v) is 5.99. The zero-order valence-corrected chi connectivity index (χ0v) is 11.2. The Morgan fingerprint density at radius 1 is 1.50 bits per heavy atom. The van der Waals surface area contributed by atoms with Crippen LogP contribution in [0.15, 0.2) is 0 Å². The molecule has 0 spiro atoms. The lowest BCUT2D eigenvalue weighted by molar-refractivity contribution is -0.139. The van der Waals surface area contributed by atoms with Gasteiger partial charge in [-0.1, -0.05) is 13.8 Å². The number of hydrogen-bond donors (Lipinski definition) is 1. The molecule has 0 fully saturated rings. The van der Waals surface area contributed by atoms with Crippen molar-refractivity contribution in [3.05, 3.63) is 0 Å². The molecule has 0 saturated heterocycles. The van der Waals surface area contributed by atoms with E-state index in [4.69, 9.17) is 10.5 Å². The van der Waals surface area contributed by atoms with Crippen LogP contribution in [0.1, 0.15) is 40.5 Å². The molecule has 0 rings (SSSR count). The molecule has 0 aliphatic heterocycles. The van der Waals surface area contributed by atoms with Gasteiger partial charge in [0.2, 0.25) is 5.91 Å². The predicted octanol–water partition coefficient (Wildman–Crippen LogP) is 1.39. The Morgan fingerprint density at radius 2 is 2.06 bits per heavy atom. The minimum atomic E-state index is -0.767. The summed E-state index contributed by atoms with van der Waals surface area (Å²) in [7, 11) is 1.64. The van der Waals surface area contributed by atoms with Gasteiger partial charge in [0.25, 0.3) is 0 Å². The minimum absolute atomic E-state index is 0.0152. The average molecular weight is 230 g/mol. The summed E-state index contributed by atoms with van der Waals surface area (Å²) in [6, 6.07) is 0.206. The molecule has 0 bridgehead atoms. The first-order chi connectivity index (χ1) is 7.40. The highest BCUT2D eigenvalue weighted by Crippen LogP contribution is 2.14. The maximum absolute atomic E-state index is 12.2. The lowest BCUT2D eigenvalue weighted by Gasteiger charge is -2.35. The van der Waals surface area contributed by atoms with E-state index in [-0.39, 0.29) is 11.9 Å². The van der Waals surface area contributed by atoms with E-state index in [1.807, 2.05) is 18.7 Å². The molecule has 0 aromatic rings. The van der Waals surface area contributed by atoms with E-state index >= 15 is 0 Å². The van der Waals surface area contributed by atoms with Gasteiger partial charge in [-0.3, -0.25) is 4.79 Å². The molecule has 96 valence electrons. The summed E-state index contributed by atoms with van der Waals surface area (Å²) in [5.74, 6) is 0.0152. The molecular formula is C12H26N2O2. The topological polar surface area (TPSA) is 55.6 Å². The molecule has 0 aromatic heterocycles. The number of rotatable bonds is 7. The maximum Gasteiger partial charge on any atom is 0.242 e. The second-order valence-electron chi connectivity index (χ2n) is 4.52. The molecule has 2 unspecified atom stereocenters. The first-order valence-electron chi connectivity index (χ1n) is 5.99. The molecule has 2 N–H and O–H groups in total. The van der Waals surface area contributed by atoms with Crippen LogP contribution in [0.4, 0.5) is 0 Å². The van der Waals surface area contributed by atoms with Crippen LogP contribution in [0.5, 0.6) is 0 Å². The van der Waals surface area contributed by atoms with Crippen molar-refractivity contribution in [1.29, 1.82) is 0 Å². The second kappa shape index (κ2) is 6.86. The molecule has 0 radical (unpaired) electrons. The highest BCUT2D eigenvalue weighted by atomic mass is 16.5. The van der Waals surface area contributed by atoms with Crippen molar-refractivity contribution in [2.24, 2.45) is 5.73 Å². The second-order valence-corrected chi connectivity index (χ2v) is 4.52. The summed E-state index contributed by atoms with van der Waals surface area (Å²) >= 11 is 0. The molecule has 1 amide bonds. The quantitative estimate of drug-likeness (QED) is 0.719. The fourth-order valence-corrected chi connectivity index (χ4v) is 1.41. The van der Waals surface area contributed by atoms with E-state index in [0.717, 1.165) is 6.42 Å². The molecule has 4 nitrogen and oxygen atoms in total. The van der Waals surface area contributed by atoms with Crippen LogP contribution < -0.4 is 5.73 Å². The molecular weight excluding hydrogens is 204 g/mol. The smallest absolute Gasteiger partial charge is 0.242 e. The molecule has 4 heteroatoms. The number of ether oxygens (including phenoxy) is 1. The van der Waals surface area contributed by atoms with Gasteiger partial charge in [-0.2, -0.15) is 0 Å². The summed E-state index contributed by atoms with van der Waals surface area (Å²) < 4.78 is 5.03. The Labute approximate surface area is 99.1 Å². The van der Waals surface area contributed by atoms with Crippen LogP contribution >= 0.6 is 0 Å². The normalized spacial score (nSPS) is 16.6. The van der Waals surface area contributed by atoms with Crippen LogP contribution in [-0.2, 0) is 9.53 Å². The van der Waals surface area contributed by atoms with Gasteiger partial charge in [0.15, 0.2) is 0 Å². The van der Waals surface area contributed by atoms with Crippen molar-refractivity contribution in [2.75, 3.05) is 20.3 Å². The SMILES string of the molecule is CCC(C)N(CCOC)C(=O)C(C)(N)CC. The summed E-state index contributed by atoms with van der Waals surface area (Å²) in [4.78, 5) is 14.1. The number of nitrogens with two attached hydrogens (primary N) is 1. The largest absolute Gasteiger partial charge is 0.383 e. The fourth-order valence-electron chi connectivity index (χ4n) is 1.41. The number of amides is 1. The monoisotopic (exact) mass is 230 g/mol. The van der Waals surface area contributed by atoms with Crippen molar-refractivity contribution in [3.63, 3.8) is 0 Å². The van der Waals surface area contributed by atoms with Gasteiger partial charge in [-0.05, 0) is 26.7 Å². The maximum atomic E-state index is 12.2. The molecule has 0 saturated carbocycles. The molecule has 16 heavy (non-hydrogen) atoms. The van der Waals surface area contributed by atoms with Crippen LogP contribution in [-0.4, -0.2) is 42.6 Å². The fraction of sp³-hybridized carbons (Fsp3) is 0.917. The van der Waals surface area contributed by atoms with E-state index in [1.54, 1.807) is 14.0 Å². The predicted molar refractivity (Wildman–Crippen MR) is 66.2 cm³/mol. The van der Waals surface area contributed by atoms with Gasteiger partial charge in [-0.15, -0.1) is 0 Å². The highest BCUT2D eigenvalue weighted by Gasteiger charge is 2.32. The highest BCUT2D eigenvalue weighted by molar-refractivity contribution is 5.85. The Kier molecular flexibility index (Phi) is 6.60. The molecule has 0 heterocycles. The lowest BCUT2D eigenvalue weighted by Crippen LogP contribution is -2.55. The van der Waals surface area contributed by atoms with E-state index in [2.05, 4.69) is 6.92 Å². The van der Waals surface area contributed by atoms with E-state index in [0.29, 0.717) is 19.6 Å². The van der Waals surface area contributed by atoms with Gasteiger partial charge < -0.3 is 15.4 Å². The third kappa shape index (κ3) is 4.10. The van der Waals surface area contributed by atoms with Gasteiger partial charge in [0.1, 0.15) is 0 Å². The van der Waals surface area contributed by atoms with Gasteiger partial charge in [-0.25, -0.2) is 0 Å². The number of hydrogen-bond acceptors (Lipinski definition) is 3. The third-order valence-corrected chi connectivity index (χ3v) is 3.14. The van der Waals surface area contributed by atoms with Crippen molar-refractivity contribution in [1.82, 2.24) is 4.90 Å². The molecule has 0 aromatic carbocycles. The van der Waals surface area contributed by atoms with E-state index in [1.165, 1.54) is 0 Å². The van der Waals surface area contributed by atoms with Gasteiger partial charge >= 0.3 is 0 Å². The Hall–Kier alpha value is -0.610. The Balaban J connectivity index is 4.68. The number of methoxy groups -OCH3 is 1. The molecule has 0 aliphatic carbocycles. The van der Waals surface area contributed by atoms with Crippen LogP contribution in [0, 0.1) is 0 Å². The van der Waals surface area contributed by atoms with Crippen LogP contribution in [0.2, 0.25) is 0 Å². The van der Waals surface area contributed by atoms with E-state index in [9.17, 15) is 4.79 Å². The summed E-state index contributed by atoms with van der Waals surface area (Å²) in [6.45, 7) is 8.99. The number of nitrogens with zero attached hydrogens (tertiary/aromatic N) is 1. The number of carbonyl (C=O) groups is 1. The standard InChI is InChI=1S/C12H26N2O2/c1-6-10(3)14(8-9-16-5)11(15)12(4,13)7-2/h10H,6-9,13H2,1-5H3. The Bertz CT molecular complexity index is 217. The van der Waals surface area contributed by atoms with Crippen molar-refractivity contribution in [3.8, 4) is 0 Å². The van der Waals surface area contributed by atoms with Gasteiger partial charge in [0.05, 0.1) is 12.1 Å². The molecule has 0 aliphatic rings. The summed E-state index contributed by atoms with van der Waals surface area (Å²) in [5, 5.41) is 0. The summed E-state index contributed by atoms with van der Waals surface area (Å²) in [5.41, 5.74) is 5.23. The Morgan fingerprint density at radius 3 is 2.44 bits per heavy atom. The minimum Gasteiger partial charge on any atom is -0.383 e. The lowest BCUT2D eigenvalue weighted by atomic mass is 9.97. The van der Waals surface area contributed by atoms with Crippen molar-refractivity contribution >= 4 is 5.91 Å². The first kappa shape index (κ1) is 15.4. The summed E-state index contributed by atoms with van der Waals surface area (Å²) in [6.07, 6.45) is 1.57. The van der Waals surface area contributed by atoms with Crippen LogP contribution in [0.3, 0.4) is 0 Å². The van der Waals surface area contributed by atoms with Crippen molar-refractivity contribution < 1.29 is 9.53 Å². The van der Waals surface area contributed by atoms with Gasteiger partial charge in [0, 0.05) is 19.7 Å². The number of carbonyl (C=O) groups excluding carboxylic acids is 1. The average Bonchev–Trinajstić information content (AvgIpc) is 2.28. The third-order valence-electron chi connectivity index (χ3n) is 3.14. The zero-order chi connectivity index (χ0) is 12.8. The molecule has 2 atom stereocenters. The van der Waals surface area contributed by atoms with Crippen molar-refractivity contribution in [2.45, 2.75) is 52.1 Å².